The van der Waals surface area contributed by atoms with Gasteiger partial charge >= 0.3 is 0 Å². The van der Waals surface area contributed by atoms with Gasteiger partial charge in [0.2, 0.25) is 0 Å². The third-order valence-electron chi connectivity index (χ3n) is 4.16. The predicted octanol–water partition coefficient (Wildman–Crippen LogP) is 2.70. The van der Waals surface area contributed by atoms with Gasteiger partial charge in [-0.1, -0.05) is 12.1 Å². The zero-order valence-corrected chi connectivity index (χ0v) is 13.2. The summed E-state index contributed by atoms with van der Waals surface area (Å²) in [5.41, 5.74) is 0.539. The van der Waals surface area contributed by atoms with Gasteiger partial charge in [-0.3, -0.25) is 9.78 Å². The molecule has 3 rings (SSSR count). The van der Waals surface area contributed by atoms with Gasteiger partial charge in [0.05, 0.1) is 11.8 Å². The van der Waals surface area contributed by atoms with Crippen LogP contribution in [0.1, 0.15) is 23.2 Å². The third-order valence-corrected chi connectivity index (χ3v) is 4.16. The quantitative estimate of drug-likeness (QED) is 0.922. The highest BCUT2D eigenvalue weighted by Crippen LogP contribution is 2.24. The SMILES string of the molecule is CN1CCCC1CNC(=O)c1ccccc1Oc1cccnc1. The van der Waals surface area contributed by atoms with Crippen molar-refractivity contribution in [2.75, 3.05) is 20.1 Å². The van der Waals surface area contributed by atoms with Gasteiger partial charge in [0.15, 0.2) is 0 Å². The lowest BCUT2D eigenvalue weighted by molar-refractivity contribution is 0.0941. The molecule has 1 aromatic carbocycles. The number of nitrogens with one attached hydrogen (secondary N) is 1. The van der Waals surface area contributed by atoms with Crippen LogP contribution in [0.5, 0.6) is 11.5 Å². The molecule has 5 heteroatoms. The van der Waals surface area contributed by atoms with E-state index in [2.05, 4.69) is 22.2 Å². The lowest BCUT2D eigenvalue weighted by atomic mass is 10.1. The molecule has 0 radical (unpaired) electrons. The summed E-state index contributed by atoms with van der Waals surface area (Å²) in [6.45, 7) is 1.76. The summed E-state index contributed by atoms with van der Waals surface area (Å²) in [5.74, 6) is 1.05. The van der Waals surface area contributed by atoms with Crippen LogP contribution in [0, 0.1) is 0 Å². The van der Waals surface area contributed by atoms with Crippen molar-refractivity contribution in [3.05, 3.63) is 54.4 Å². The fourth-order valence-electron chi connectivity index (χ4n) is 2.82. The zero-order chi connectivity index (χ0) is 16.1. The average molecular weight is 311 g/mol. The van der Waals surface area contributed by atoms with Crippen molar-refractivity contribution in [3.8, 4) is 11.5 Å². The van der Waals surface area contributed by atoms with Gasteiger partial charge in [-0.05, 0) is 50.7 Å². The first-order chi connectivity index (χ1) is 11.2. The maximum absolute atomic E-state index is 12.5. The number of rotatable bonds is 5. The topological polar surface area (TPSA) is 54.5 Å². The molecular formula is C18H21N3O2. The smallest absolute Gasteiger partial charge is 0.255 e. The molecule has 1 unspecified atom stereocenters. The molecule has 1 atom stereocenters. The van der Waals surface area contributed by atoms with Crippen LogP contribution in [-0.2, 0) is 0 Å². The zero-order valence-electron chi connectivity index (χ0n) is 13.2. The summed E-state index contributed by atoms with van der Waals surface area (Å²) in [6.07, 6.45) is 5.63. The molecule has 23 heavy (non-hydrogen) atoms. The van der Waals surface area contributed by atoms with Crippen molar-refractivity contribution in [2.24, 2.45) is 0 Å². The van der Waals surface area contributed by atoms with Gasteiger partial charge in [0.1, 0.15) is 11.5 Å². The Kier molecular flexibility index (Phi) is 4.88. The van der Waals surface area contributed by atoms with Crippen LogP contribution in [0.4, 0.5) is 0 Å². The van der Waals surface area contributed by atoms with E-state index in [0.717, 1.165) is 13.0 Å². The minimum absolute atomic E-state index is 0.107. The molecule has 1 N–H and O–H groups in total. The molecule has 2 heterocycles. The first-order valence-corrected chi connectivity index (χ1v) is 7.89. The van der Waals surface area contributed by atoms with Gasteiger partial charge in [0.25, 0.3) is 5.91 Å². The summed E-state index contributed by atoms with van der Waals surface area (Å²) < 4.78 is 5.79. The van der Waals surface area contributed by atoms with E-state index in [1.165, 1.54) is 6.42 Å². The Morgan fingerprint density at radius 3 is 2.96 bits per heavy atom. The van der Waals surface area contributed by atoms with Crippen LogP contribution in [0.15, 0.2) is 48.8 Å². The Morgan fingerprint density at radius 1 is 1.35 bits per heavy atom. The molecule has 1 saturated heterocycles. The minimum atomic E-state index is -0.107. The number of nitrogens with zero attached hydrogens (tertiary/aromatic N) is 2. The lowest BCUT2D eigenvalue weighted by Gasteiger charge is -2.20. The Balaban J connectivity index is 1.68. The van der Waals surface area contributed by atoms with Crippen molar-refractivity contribution in [3.63, 3.8) is 0 Å². The molecule has 0 aliphatic carbocycles. The summed E-state index contributed by atoms with van der Waals surface area (Å²) in [4.78, 5) is 18.8. The highest BCUT2D eigenvalue weighted by Gasteiger charge is 2.22. The van der Waals surface area contributed by atoms with Crippen molar-refractivity contribution < 1.29 is 9.53 Å². The summed E-state index contributed by atoms with van der Waals surface area (Å²) >= 11 is 0. The first kappa shape index (κ1) is 15.5. The minimum Gasteiger partial charge on any atom is -0.455 e. The number of carbonyl (C=O) groups excluding carboxylic acids is 1. The normalized spacial score (nSPS) is 17.9. The van der Waals surface area contributed by atoms with Crippen molar-refractivity contribution in [2.45, 2.75) is 18.9 Å². The van der Waals surface area contributed by atoms with Gasteiger partial charge in [-0.15, -0.1) is 0 Å². The molecule has 0 spiro atoms. The Hall–Kier alpha value is -2.40. The number of amides is 1. The highest BCUT2D eigenvalue weighted by atomic mass is 16.5. The number of para-hydroxylation sites is 1. The van der Waals surface area contributed by atoms with Crippen molar-refractivity contribution in [1.29, 1.82) is 0 Å². The Bertz CT molecular complexity index is 660. The van der Waals surface area contributed by atoms with E-state index in [-0.39, 0.29) is 5.91 Å². The monoisotopic (exact) mass is 311 g/mol. The first-order valence-electron chi connectivity index (χ1n) is 7.89. The molecule has 1 aromatic heterocycles. The van der Waals surface area contributed by atoms with Crippen LogP contribution in [0.3, 0.4) is 0 Å². The van der Waals surface area contributed by atoms with Crippen LogP contribution < -0.4 is 10.1 Å². The maximum Gasteiger partial charge on any atom is 0.255 e. The van der Waals surface area contributed by atoms with Crippen molar-refractivity contribution in [1.82, 2.24) is 15.2 Å². The van der Waals surface area contributed by atoms with Gasteiger partial charge in [-0.25, -0.2) is 0 Å². The number of hydrogen-bond acceptors (Lipinski definition) is 4. The van der Waals surface area contributed by atoms with E-state index in [1.54, 1.807) is 30.6 Å². The largest absolute Gasteiger partial charge is 0.455 e. The number of likely N-dealkylation sites (tertiary alicyclic amines) is 1. The van der Waals surface area contributed by atoms with E-state index in [9.17, 15) is 4.79 Å². The van der Waals surface area contributed by atoms with E-state index in [1.807, 2.05) is 18.2 Å². The van der Waals surface area contributed by atoms with E-state index in [4.69, 9.17) is 4.74 Å². The number of aromatic nitrogens is 1. The average Bonchev–Trinajstić information content (AvgIpc) is 2.99. The molecule has 1 amide bonds. The summed E-state index contributed by atoms with van der Waals surface area (Å²) in [6, 6.07) is 11.3. The number of likely N-dealkylation sites (N-methyl/N-ethyl adjacent to an activating group) is 1. The van der Waals surface area contributed by atoms with Crippen LogP contribution >= 0.6 is 0 Å². The summed E-state index contributed by atoms with van der Waals surface area (Å²) in [7, 11) is 2.10. The molecule has 2 aromatic rings. The molecule has 1 fully saturated rings. The number of pyridine rings is 1. The van der Waals surface area contributed by atoms with Gasteiger partial charge < -0.3 is 15.0 Å². The molecule has 120 valence electrons. The van der Waals surface area contributed by atoms with Crippen LogP contribution in [-0.4, -0.2) is 42.0 Å². The second kappa shape index (κ2) is 7.24. The van der Waals surface area contributed by atoms with E-state index >= 15 is 0 Å². The molecular weight excluding hydrogens is 290 g/mol. The molecule has 5 nitrogen and oxygen atoms in total. The number of ether oxygens (including phenoxy) is 1. The standard InChI is InChI=1S/C18H21N3O2/c1-21-11-5-6-14(21)12-20-18(22)16-8-2-3-9-17(16)23-15-7-4-10-19-13-15/h2-4,7-10,13-14H,5-6,11-12H2,1H3,(H,20,22). The molecule has 1 aliphatic heterocycles. The third kappa shape index (κ3) is 3.87. The van der Waals surface area contributed by atoms with E-state index in [0.29, 0.717) is 29.6 Å². The molecule has 0 saturated carbocycles. The number of carbonyl (C=O) groups is 1. The van der Waals surface area contributed by atoms with Gasteiger partial charge in [0, 0.05) is 18.8 Å². The highest BCUT2D eigenvalue weighted by molar-refractivity contribution is 5.97. The number of hydrogen-bond donors (Lipinski definition) is 1. The second-order valence-electron chi connectivity index (χ2n) is 5.77. The van der Waals surface area contributed by atoms with E-state index < -0.39 is 0 Å². The Morgan fingerprint density at radius 2 is 2.22 bits per heavy atom. The molecule has 0 bridgehead atoms. The second-order valence-corrected chi connectivity index (χ2v) is 5.77. The molecule has 1 aliphatic rings. The van der Waals surface area contributed by atoms with Crippen LogP contribution in [0.25, 0.3) is 0 Å². The van der Waals surface area contributed by atoms with Crippen molar-refractivity contribution >= 4 is 5.91 Å². The lowest BCUT2D eigenvalue weighted by Crippen LogP contribution is -2.38. The maximum atomic E-state index is 12.5. The summed E-state index contributed by atoms with van der Waals surface area (Å²) in [5, 5.41) is 3.02. The Labute approximate surface area is 136 Å². The van der Waals surface area contributed by atoms with Gasteiger partial charge in [-0.2, -0.15) is 0 Å². The fraction of sp³-hybridized carbons (Fsp3) is 0.333. The van der Waals surface area contributed by atoms with Crippen LogP contribution in [0.2, 0.25) is 0 Å². The number of benzene rings is 1. The fourth-order valence-corrected chi connectivity index (χ4v) is 2.82. The predicted molar refractivity (Wildman–Crippen MR) is 88.7 cm³/mol.